The van der Waals surface area contributed by atoms with Crippen molar-refractivity contribution in [2.24, 2.45) is 11.8 Å². The Morgan fingerprint density at radius 2 is 1.78 bits per heavy atom. The van der Waals surface area contributed by atoms with Crippen molar-refractivity contribution < 1.29 is 33.3 Å². The van der Waals surface area contributed by atoms with E-state index >= 15 is 0 Å². The van der Waals surface area contributed by atoms with Crippen LogP contribution in [0.25, 0.3) is 0 Å². The molecule has 0 fully saturated rings. The van der Waals surface area contributed by atoms with E-state index in [1.54, 1.807) is 6.92 Å². The Morgan fingerprint density at radius 3 is 2.42 bits per heavy atom. The quantitative estimate of drug-likeness (QED) is 0.309. The van der Waals surface area contributed by atoms with Crippen molar-refractivity contribution in [3.8, 4) is 5.75 Å². The molecule has 0 saturated carbocycles. The molecule has 0 unspecified atom stereocenters. The molecule has 1 N–H and O–H groups in total. The van der Waals surface area contributed by atoms with Gasteiger partial charge in [-0.3, -0.25) is 9.59 Å². The van der Waals surface area contributed by atoms with Crippen molar-refractivity contribution in [1.29, 1.82) is 0 Å². The molecule has 196 valence electrons. The van der Waals surface area contributed by atoms with Crippen molar-refractivity contribution in [2.45, 2.75) is 66.1 Å². The fourth-order valence-corrected chi connectivity index (χ4v) is 4.84. The van der Waals surface area contributed by atoms with Gasteiger partial charge in [-0.05, 0) is 53.0 Å². The van der Waals surface area contributed by atoms with Crippen LogP contribution in [-0.4, -0.2) is 50.3 Å². The zero-order valence-corrected chi connectivity index (χ0v) is 22.2. The van der Waals surface area contributed by atoms with Crippen LogP contribution in [0.5, 0.6) is 5.75 Å². The Balaban J connectivity index is 2.11. The first-order valence-corrected chi connectivity index (χ1v) is 12.4. The van der Waals surface area contributed by atoms with Gasteiger partial charge in [0, 0.05) is 22.5 Å². The van der Waals surface area contributed by atoms with Crippen LogP contribution in [0, 0.1) is 11.8 Å². The van der Waals surface area contributed by atoms with Gasteiger partial charge < -0.3 is 24.3 Å². The average molecular weight is 500 g/mol. The third-order valence-corrected chi connectivity index (χ3v) is 6.32. The van der Waals surface area contributed by atoms with Gasteiger partial charge in [0.2, 0.25) is 0 Å². The number of dihydropyridines is 1. The number of allylic oxidation sites excluding steroid dienone is 3. The van der Waals surface area contributed by atoms with Gasteiger partial charge in [-0.25, -0.2) is 4.79 Å². The molecule has 1 aromatic rings. The van der Waals surface area contributed by atoms with Crippen molar-refractivity contribution in [3.05, 3.63) is 52.4 Å². The lowest BCUT2D eigenvalue weighted by Gasteiger charge is -2.38. The van der Waals surface area contributed by atoms with E-state index in [1.807, 2.05) is 58.9 Å². The van der Waals surface area contributed by atoms with Crippen LogP contribution >= 0.6 is 0 Å². The number of ketones is 1. The van der Waals surface area contributed by atoms with Gasteiger partial charge in [-0.15, -0.1) is 0 Å². The van der Waals surface area contributed by atoms with E-state index in [-0.39, 0.29) is 37.1 Å². The number of nitrogens with one attached hydrogen (secondary N) is 1. The third kappa shape index (κ3) is 5.81. The van der Waals surface area contributed by atoms with Gasteiger partial charge in [0.05, 0.1) is 37.4 Å². The highest BCUT2D eigenvalue weighted by molar-refractivity contribution is 6.12. The first-order valence-electron chi connectivity index (χ1n) is 12.4. The summed E-state index contributed by atoms with van der Waals surface area (Å²) < 4.78 is 22.1. The summed E-state index contributed by atoms with van der Waals surface area (Å²) in [5.41, 5.74) is 2.65. The fourth-order valence-electron chi connectivity index (χ4n) is 4.84. The Labute approximate surface area is 213 Å². The molecule has 1 aliphatic carbocycles. The van der Waals surface area contributed by atoms with Gasteiger partial charge in [0.25, 0.3) is 0 Å². The first kappa shape index (κ1) is 27.5. The van der Waals surface area contributed by atoms with Crippen LogP contribution in [0.3, 0.4) is 0 Å². The topological polar surface area (TPSA) is 100 Å². The van der Waals surface area contributed by atoms with E-state index in [0.717, 1.165) is 0 Å². The second-order valence-corrected chi connectivity index (χ2v) is 9.80. The summed E-state index contributed by atoms with van der Waals surface area (Å²) in [4.78, 5) is 39.9. The Hall–Kier alpha value is -3.13. The monoisotopic (exact) mass is 499 g/mol. The standard InChI is InChI=1S/C28H37NO7/c1-15(2)34-12-13-35-28(32)23-18(6)29-20-14-17(5)22(27(31)33-7)26(30)25(20)24(23)19-10-8-9-11-21(19)36-16(3)4/h8-11,15-17,22,24,29H,12-14H2,1-7H3/t17-,22-,24-/m1/s1. The van der Waals surface area contributed by atoms with Gasteiger partial charge in [0.15, 0.2) is 5.78 Å². The van der Waals surface area contributed by atoms with E-state index in [9.17, 15) is 14.4 Å². The molecule has 0 saturated heterocycles. The van der Waals surface area contributed by atoms with Gasteiger partial charge >= 0.3 is 11.9 Å². The summed E-state index contributed by atoms with van der Waals surface area (Å²) in [6.45, 7) is 11.6. The fraction of sp³-hybridized carbons (Fsp3) is 0.536. The predicted molar refractivity (Wildman–Crippen MR) is 134 cm³/mol. The summed E-state index contributed by atoms with van der Waals surface area (Å²) >= 11 is 0. The number of hydrogen-bond acceptors (Lipinski definition) is 8. The number of esters is 2. The Morgan fingerprint density at radius 1 is 1.08 bits per heavy atom. The number of carbonyl (C=O) groups is 3. The average Bonchev–Trinajstić information content (AvgIpc) is 2.80. The Bertz CT molecular complexity index is 1070. The molecule has 0 amide bonds. The van der Waals surface area contributed by atoms with E-state index in [4.69, 9.17) is 18.9 Å². The smallest absolute Gasteiger partial charge is 0.336 e. The molecule has 1 heterocycles. The molecular formula is C28H37NO7. The van der Waals surface area contributed by atoms with Crippen LogP contribution in [0.2, 0.25) is 0 Å². The van der Waals surface area contributed by atoms with Crippen molar-refractivity contribution in [3.63, 3.8) is 0 Å². The largest absolute Gasteiger partial charge is 0.491 e. The van der Waals surface area contributed by atoms with Crippen LogP contribution in [0.4, 0.5) is 0 Å². The number of Topliss-reactive ketones (excluding diaryl/α,β-unsaturated/α-hetero) is 1. The second kappa shape index (κ2) is 11.7. The number of benzene rings is 1. The number of rotatable bonds is 9. The van der Waals surface area contributed by atoms with Gasteiger partial charge in [-0.1, -0.05) is 25.1 Å². The molecule has 0 radical (unpaired) electrons. The third-order valence-electron chi connectivity index (χ3n) is 6.32. The number of hydrogen-bond donors (Lipinski definition) is 1. The van der Waals surface area contributed by atoms with Crippen molar-refractivity contribution >= 4 is 17.7 Å². The van der Waals surface area contributed by atoms with Crippen LogP contribution in [-0.2, 0) is 28.6 Å². The molecule has 8 nitrogen and oxygen atoms in total. The van der Waals surface area contributed by atoms with E-state index in [2.05, 4.69) is 5.32 Å². The van der Waals surface area contributed by atoms with Crippen LogP contribution in [0.1, 0.15) is 59.4 Å². The molecular weight excluding hydrogens is 462 g/mol. The molecule has 2 aliphatic rings. The Kier molecular flexibility index (Phi) is 8.95. The lowest BCUT2D eigenvalue weighted by molar-refractivity contribution is -0.151. The summed E-state index contributed by atoms with van der Waals surface area (Å²) in [7, 11) is 1.28. The summed E-state index contributed by atoms with van der Waals surface area (Å²) in [6.07, 6.45) is 0.352. The highest BCUT2D eigenvalue weighted by atomic mass is 16.6. The van der Waals surface area contributed by atoms with Crippen molar-refractivity contribution in [1.82, 2.24) is 5.32 Å². The highest BCUT2D eigenvalue weighted by Gasteiger charge is 2.47. The minimum absolute atomic E-state index is 0.0126. The van der Waals surface area contributed by atoms with E-state index < -0.39 is 23.8 Å². The van der Waals surface area contributed by atoms with Crippen molar-refractivity contribution in [2.75, 3.05) is 20.3 Å². The zero-order chi connectivity index (χ0) is 26.6. The second-order valence-electron chi connectivity index (χ2n) is 9.80. The number of para-hydroxylation sites is 1. The minimum atomic E-state index is -0.952. The zero-order valence-electron chi connectivity index (χ0n) is 22.2. The number of carbonyl (C=O) groups excluding carboxylic acids is 3. The van der Waals surface area contributed by atoms with Gasteiger partial charge in [0.1, 0.15) is 18.3 Å². The molecule has 36 heavy (non-hydrogen) atoms. The lowest BCUT2D eigenvalue weighted by Crippen LogP contribution is -2.43. The molecule has 0 spiro atoms. The molecule has 1 aromatic carbocycles. The number of methoxy groups -OCH3 is 1. The maximum absolute atomic E-state index is 13.9. The maximum atomic E-state index is 13.9. The SMILES string of the molecule is COC(=O)[C@H]1C(=O)C2=C(C[C@H]1C)NC(C)=C(C(=O)OCCOC(C)C)[C@H]2c1ccccc1OC(C)C. The lowest BCUT2D eigenvalue weighted by atomic mass is 9.69. The highest BCUT2D eigenvalue weighted by Crippen LogP contribution is 2.47. The maximum Gasteiger partial charge on any atom is 0.336 e. The van der Waals surface area contributed by atoms with Crippen LogP contribution < -0.4 is 10.1 Å². The molecule has 3 rings (SSSR count). The summed E-state index contributed by atoms with van der Waals surface area (Å²) in [5.74, 6) is -2.89. The van der Waals surface area contributed by atoms with E-state index in [1.165, 1.54) is 7.11 Å². The van der Waals surface area contributed by atoms with E-state index in [0.29, 0.717) is 40.3 Å². The molecule has 8 heteroatoms. The van der Waals surface area contributed by atoms with Gasteiger partial charge in [-0.2, -0.15) is 0 Å². The summed E-state index contributed by atoms with van der Waals surface area (Å²) in [6, 6.07) is 7.35. The predicted octanol–water partition coefficient (Wildman–Crippen LogP) is 4.06. The molecule has 1 aliphatic heterocycles. The van der Waals surface area contributed by atoms with Crippen LogP contribution in [0.15, 0.2) is 46.8 Å². The molecule has 0 aromatic heterocycles. The normalized spacial score (nSPS) is 21.9. The minimum Gasteiger partial charge on any atom is -0.491 e. The number of ether oxygens (including phenoxy) is 4. The summed E-state index contributed by atoms with van der Waals surface area (Å²) in [5, 5.41) is 3.27. The molecule has 3 atom stereocenters. The molecule has 0 bridgehead atoms. The first-order chi connectivity index (χ1) is 17.1.